The molecule has 1 aliphatic rings. The number of carboxylic acids is 1. The van der Waals surface area contributed by atoms with Crippen molar-refractivity contribution in [3.05, 3.63) is 24.3 Å². The number of aliphatic carboxylic acids is 1. The number of anilines is 1. The van der Waals surface area contributed by atoms with Gasteiger partial charge >= 0.3 is 5.97 Å². The highest BCUT2D eigenvalue weighted by molar-refractivity contribution is 8.00. The van der Waals surface area contributed by atoms with Crippen LogP contribution in [0.2, 0.25) is 0 Å². The fourth-order valence-electron chi connectivity index (χ4n) is 2.43. The molecule has 1 aromatic rings. The molecule has 9 heteroatoms. The molecule has 2 N–H and O–H groups in total. The number of benzene rings is 1. The quantitative estimate of drug-likeness (QED) is 0.681. The Morgan fingerprint density at radius 2 is 2.08 bits per heavy atom. The maximum Gasteiger partial charge on any atom is 0.327 e. The molecule has 8 nitrogen and oxygen atoms in total. The van der Waals surface area contributed by atoms with E-state index in [2.05, 4.69) is 5.32 Å². The van der Waals surface area contributed by atoms with Gasteiger partial charge in [-0.2, -0.15) is 0 Å². The summed E-state index contributed by atoms with van der Waals surface area (Å²) < 4.78 is 5.18. The first kappa shape index (κ1) is 18.8. The standard InChI is InChI=1S/C16H18N2O6S/c1-9(19)17-10(16(22)23)8-25-13-7-14(20)18(15(13)21)11-5-3-4-6-12(11)24-2/h3-6,10,13H,7-8H2,1-2H3,(H,17,19)(H,22,23)/t10-,13-/m1/s1. The van der Waals surface area contributed by atoms with E-state index in [1.54, 1.807) is 24.3 Å². The SMILES string of the molecule is COc1ccccc1N1C(=O)C[C@@H](SC[C@@H](NC(C)=O)C(=O)O)C1=O. The third-order valence-corrected chi connectivity index (χ3v) is 4.87. The molecular weight excluding hydrogens is 348 g/mol. The van der Waals surface area contributed by atoms with Gasteiger partial charge in [0, 0.05) is 19.1 Å². The lowest BCUT2D eigenvalue weighted by molar-refractivity contribution is -0.140. The monoisotopic (exact) mass is 366 g/mol. The normalized spacial score (nSPS) is 18.2. The van der Waals surface area contributed by atoms with Gasteiger partial charge in [-0.1, -0.05) is 12.1 Å². The molecule has 3 amide bonds. The summed E-state index contributed by atoms with van der Waals surface area (Å²) in [6.45, 7) is 1.22. The van der Waals surface area contributed by atoms with E-state index in [0.717, 1.165) is 16.7 Å². The lowest BCUT2D eigenvalue weighted by atomic mass is 10.2. The number of rotatable bonds is 7. The van der Waals surface area contributed by atoms with Crippen molar-refractivity contribution in [2.45, 2.75) is 24.6 Å². The number of amides is 3. The molecule has 2 atom stereocenters. The van der Waals surface area contributed by atoms with Gasteiger partial charge in [0.15, 0.2) is 0 Å². The zero-order valence-corrected chi connectivity index (χ0v) is 14.5. The fourth-order valence-corrected chi connectivity index (χ4v) is 3.59. The number of imide groups is 1. The van der Waals surface area contributed by atoms with E-state index in [0.29, 0.717) is 11.4 Å². The van der Waals surface area contributed by atoms with Crippen molar-refractivity contribution in [2.24, 2.45) is 0 Å². The average molecular weight is 366 g/mol. The fraction of sp³-hybridized carbons (Fsp3) is 0.375. The van der Waals surface area contributed by atoms with E-state index in [1.165, 1.54) is 14.0 Å². The highest BCUT2D eigenvalue weighted by Gasteiger charge is 2.41. The molecule has 0 saturated carbocycles. The third kappa shape index (κ3) is 4.30. The molecule has 2 rings (SSSR count). The van der Waals surface area contributed by atoms with Crippen molar-refractivity contribution in [1.29, 1.82) is 0 Å². The number of thioether (sulfide) groups is 1. The number of ether oxygens (including phenoxy) is 1. The molecular formula is C16H18N2O6S. The number of methoxy groups -OCH3 is 1. The lowest BCUT2D eigenvalue weighted by Gasteiger charge is -2.18. The molecule has 1 aromatic carbocycles. The van der Waals surface area contributed by atoms with Crippen molar-refractivity contribution in [3.8, 4) is 5.75 Å². The summed E-state index contributed by atoms with van der Waals surface area (Å²) in [7, 11) is 1.45. The molecule has 0 bridgehead atoms. The van der Waals surface area contributed by atoms with Crippen LogP contribution in [-0.4, -0.2) is 53.0 Å². The maximum absolute atomic E-state index is 12.6. The molecule has 0 aliphatic carbocycles. The van der Waals surface area contributed by atoms with Crippen molar-refractivity contribution in [1.82, 2.24) is 5.32 Å². The second-order valence-electron chi connectivity index (χ2n) is 5.36. The lowest BCUT2D eigenvalue weighted by Crippen LogP contribution is -2.42. The second-order valence-corrected chi connectivity index (χ2v) is 6.59. The van der Waals surface area contributed by atoms with Crippen LogP contribution in [-0.2, 0) is 19.2 Å². The van der Waals surface area contributed by atoms with Crippen molar-refractivity contribution in [3.63, 3.8) is 0 Å². The Morgan fingerprint density at radius 3 is 2.68 bits per heavy atom. The van der Waals surface area contributed by atoms with Gasteiger partial charge < -0.3 is 15.2 Å². The number of carboxylic acid groups (broad SMARTS) is 1. The second kappa shape index (κ2) is 8.02. The van der Waals surface area contributed by atoms with Gasteiger partial charge in [-0.15, -0.1) is 11.8 Å². The van der Waals surface area contributed by atoms with Crippen LogP contribution in [0.25, 0.3) is 0 Å². The van der Waals surface area contributed by atoms with E-state index in [4.69, 9.17) is 9.84 Å². The van der Waals surface area contributed by atoms with Gasteiger partial charge in [-0.05, 0) is 12.1 Å². The smallest absolute Gasteiger partial charge is 0.327 e. The average Bonchev–Trinajstić information content (AvgIpc) is 2.84. The van der Waals surface area contributed by atoms with Crippen LogP contribution in [0.15, 0.2) is 24.3 Å². The highest BCUT2D eigenvalue weighted by Crippen LogP contribution is 2.35. The number of hydrogen-bond donors (Lipinski definition) is 2. The summed E-state index contributed by atoms with van der Waals surface area (Å²) in [6.07, 6.45) is -0.0338. The van der Waals surface area contributed by atoms with Crippen LogP contribution in [0.5, 0.6) is 5.75 Å². The van der Waals surface area contributed by atoms with Crippen LogP contribution in [0, 0.1) is 0 Å². The minimum atomic E-state index is -1.19. The van der Waals surface area contributed by atoms with E-state index in [-0.39, 0.29) is 18.1 Å². The molecule has 134 valence electrons. The number of carbonyl (C=O) groups excluding carboxylic acids is 3. The molecule has 0 aromatic heterocycles. The van der Waals surface area contributed by atoms with E-state index in [1.807, 2.05) is 0 Å². The van der Waals surface area contributed by atoms with Crippen LogP contribution in [0.3, 0.4) is 0 Å². The zero-order valence-electron chi connectivity index (χ0n) is 13.7. The Kier molecular flexibility index (Phi) is 6.02. The predicted molar refractivity (Wildman–Crippen MR) is 91.6 cm³/mol. The molecule has 1 aliphatic heterocycles. The van der Waals surface area contributed by atoms with Crippen LogP contribution in [0.1, 0.15) is 13.3 Å². The molecule has 1 saturated heterocycles. The largest absolute Gasteiger partial charge is 0.495 e. The number of nitrogens with zero attached hydrogens (tertiary/aromatic N) is 1. The molecule has 1 heterocycles. The summed E-state index contributed by atoms with van der Waals surface area (Å²) in [5.41, 5.74) is 0.361. The summed E-state index contributed by atoms with van der Waals surface area (Å²) in [5, 5.41) is 10.7. The predicted octanol–water partition coefficient (Wildman–Crippen LogP) is 0.650. The number of para-hydroxylation sites is 2. The van der Waals surface area contributed by atoms with Gasteiger partial charge in [0.25, 0.3) is 0 Å². The van der Waals surface area contributed by atoms with E-state index >= 15 is 0 Å². The van der Waals surface area contributed by atoms with Crippen molar-refractivity contribution < 1.29 is 29.0 Å². The first-order valence-electron chi connectivity index (χ1n) is 7.46. The van der Waals surface area contributed by atoms with Crippen molar-refractivity contribution in [2.75, 3.05) is 17.8 Å². The van der Waals surface area contributed by atoms with Gasteiger partial charge in [-0.25, -0.2) is 9.69 Å². The van der Waals surface area contributed by atoms with Crippen molar-refractivity contribution >= 4 is 41.1 Å². The van der Waals surface area contributed by atoms with Gasteiger partial charge in [0.2, 0.25) is 17.7 Å². The zero-order chi connectivity index (χ0) is 18.6. The van der Waals surface area contributed by atoms with Gasteiger partial charge in [-0.3, -0.25) is 14.4 Å². The van der Waals surface area contributed by atoms with Gasteiger partial charge in [0.05, 0.1) is 18.0 Å². The Hall–Kier alpha value is -2.55. The number of carbonyl (C=O) groups is 4. The molecule has 0 unspecified atom stereocenters. The molecule has 0 spiro atoms. The first-order valence-corrected chi connectivity index (χ1v) is 8.51. The summed E-state index contributed by atoms with van der Waals surface area (Å²) >= 11 is 1.04. The molecule has 0 radical (unpaired) electrons. The maximum atomic E-state index is 12.6. The van der Waals surface area contributed by atoms with Crippen LogP contribution in [0.4, 0.5) is 5.69 Å². The minimum Gasteiger partial charge on any atom is -0.495 e. The number of hydrogen-bond acceptors (Lipinski definition) is 6. The van der Waals surface area contributed by atoms with Crippen LogP contribution < -0.4 is 15.0 Å². The highest BCUT2D eigenvalue weighted by atomic mass is 32.2. The summed E-state index contributed by atoms with van der Waals surface area (Å²) in [5.74, 6) is -2.09. The Balaban J connectivity index is 2.10. The molecule has 1 fully saturated rings. The number of nitrogens with one attached hydrogen (secondary N) is 1. The third-order valence-electron chi connectivity index (χ3n) is 3.57. The Bertz CT molecular complexity index is 708. The Labute approximate surface area is 148 Å². The topological polar surface area (TPSA) is 113 Å². The minimum absolute atomic E-state index is 0.0155. The molecule has 25 heavy (non-hydrogen) atoms. The van der Waals surface area contributed by atoms with E-state index in [9.17, 15) is 19.2 Å². The van der Waals surface area contributed by atoms with E-state index < -0.39 is 29.1 Å². The Morgan fingerprint density at radius 1 is 1.40 bits per heavy atom. The summed E-state index contributed by atoms with van der Waals surface area (Å²) in [6, 6.07) is 5.55. The van der Waals surface area contributed by atoms with Crippen LogP contribution >= 0.6 is 11.8 Å². The summed E-state index contributed by atoms with van der Waals surface area (Å²) in [4.78, 5) is 48.1. The first-order chi connectivity index (χ1) is 11.8. The van der Waals surface area contributed by atoms with Gasteiger partial charge in [0.1, 0.15) is 11.8 Å².